The predicted octanol–water partition coefficient (Wildman–Crippen LogP) is 3.30. The summed E-state index contributed by atoms with van der Waals surface area (Å²) >= 11 is 1.30. The summed E-state index contributed by atoms with van der Waals surface area (Å²) in [5.41, 5.74) is -0.830. The number of likely N-dealkylation sites (tertiary alicyclic amines) is 1. The number of halogens is 3. The summed E-state index contributed by atoms with van der Waals surface area (Å²) in [6.45, 7) is 1.72. The molecule has 0 aromatic carbocycles. The highest BCUT2D eigenvalue weighted by Crippen LogP contribution is 2.33. The molecule has 1 saturated heterocycles. The number of nitrogens with one attached hydrogen (secondary N) is 1. The van der Waals surface area contributed by atoms with Crippen LogP contribution in [-0.2, 0) is 6.18 Å². The normalized spacial score (nSPS) is 16.6. The number of aromatic nitrogens is 3. The van der Waals surface area contributed by atoms with E-state index in [0.717, 1.165) is 32.0 Å². The maximum atomic E-state index is 13.6. The molecule has 0 bridgehead atoms. The van der Waals surface area contributed by atoms with Crippen molar-refractivity contribution in [2.24, 2.45) is 0 Å². The molecular formula is C18H18F3N5OS. The summed E-state index contributed by atoms with van der Waals surface area (Å²) in [4.78, 5) is 19.6. The molecule has 0 atom stereocenters. The van der Waals surface area contributed by atoms with Crippen molar-refractivity contribution in [2.75, 3.05) is 20.1 Å². The second-order valence-electron chi connectivity index (χ2n) is 6.85. The van der Waals surface area contributed by atoms with E-state index in [1.807, 2.05) is 7.05 Å². The summed E-state index contributed by atoms with van der Waals surface area (Å²) in [6, 6.07) is 5.70. The second-order valence-corrected chi connectivity index (χ2v) is 7.80. The standard InChI is InChI=1S/C18H18F3N5OS/c1-25-6-4-11(5-7-25)22-17(27)13-10-16-23-12(14-3-2-8-28-14)9-15(18(19,20)21)26(16)24-13/h2-3,8-11H,4-7H2,1H3,(H,22,27). The molecule has 1 aliphatic heterocycles. The van der Waals surface area contributed by atoms with Gasteiger partial charge in [-0.3, -0.25) is 4.79 Å². The number of nitrogens with zero attached hydrogens (tertiary/aromatic N) is 4. The summed E-state index contributed by atoms with van der Waals surface area (Å²) in [5, 5.41) is 8.53. The van der Waals surface area contributed by atoms with Gasteiger partial charge in [0.05, 0.1) is 10.6 Å². The number of amides is 1. The van der Waals surface area contributed by atoms with E-state index >= 15 is 0 Å². The molecule has 1 aliphatic rings. The lowest BCUT2D eigenvalue weighted by Crippen LogP contribution is -2.43. The van der Waals surface area contributed by atoms with Crippen LogP contribution in [0.15, 0.2) is 29.6 Å². The Morgan fingerprint density at radius 2 is 2.04 bits per heavy atom. The van der Waals surface area contributed by atoms with Crippen molar-refractivity contribution in [2.45, 2.75) is 25.1 Å². The number of hydrogen-bond donors (Lipinski definition) is 1. The van der Waals surface area contributed by atoms with Crippen molar-refractivity contribution in [3.63, 3.8) is 0 Å². The molecular weight excluding hydrogens is 391 g/mol. The third-order valence-electron chi connectivity index (χ3n) is 4.78. The zero-order valence-electron chi connectivity index (χ0n) is 15.0. The molecule has 1 fully saturated rings. The lowest BCUT2D eigenvalue weighted by molar-refractivity contribution is -0.142. The van der Waals surface area contributed by atoms with Gasteiger partial charge in [-0.15, -0.1) is 11.3 Å². The third-order valence-corrected chi connectivity index (χ3v) is 5.67. The maximum Gasteiger partial charge on any atom is 0.433 e. The fourth-order valence-corrected chi connectivity index (χ4v) is 3.94. The van der Waals surface area contributed by atoms with Crippen molar-refractivity contribution in [1.82, 2.24) is 24.8 Å². The highest BCUT2D eigenvalue weighted by atomic mass is 32.1. The second kappa shape index (κ2) is 7.17. The van der Waals surface area contributed by atoms with E-state index in [-0.39, 0.29) is 23.1 Å². The van der Waals surface area contributed by atoms with Crippen molar-refractivity contribution in [3.05, 3.63) is 41.0 Å². The molecule has 0 unspecified atom stereocenters. The lowest BCUT2D eigenvalue weighted by Gasteiger charge is -2.29. The first-order valence-electron chi connectivity index (χ1n) is 8.82. The average Bonchev–Trinajstić information content (AvgIpc) is 3.31. The van der Waals surface area contributed by atoms with E-state index < -0.39 is 17.8 Å². The lowest BCUT2D eigenvalue weighted by atomic mass is 10.1. The van der Waals surface area contributed by atoms with Crippen molar-refractivity contribution < 1.29 is 18.0 Å². The third kappa shape index (κ3) is 3.74. The van der Waals surface area contributed by atoms with E-state index in [4.69, 9.17) is 0 Å². The zero-order valence-corrected chi connectivity index (χ0v) is 15.8. The van der Waals surface area contributed by atoms with Crippen LogP contribution < -0.4 is 5.32 Å². The Kier molecular flexibility index (Phi) is 4.84. The molecule has 0 spiro atoms. The fourth-order valence-electron chi connectivity index (χ4n) is 3.25. The van der Waals surface area contributed by atoms with Gasteiger partial charge >= 0.3 is 6.18 Å². The van der Waals surface area contributed by atoms with Crippen molar-refractivity contribution in [3.8, 4) is 10.6 Å². The Labute approximate surface area is 163 Å². The minimum Gasteiger partial charge on any atom is -0.348 e. The molecule has 1 amide bonds. The highest BCUT2D eigenvalue weighted by Gasteiger charge is 2.36. The molecule has 3 aromatic heterocycles. The van der Waals surface area contributed by atoms with Gasteiger partial charge in [-0.05, 0) is 50.5 Å². The largest absolute Gasteiger partial charge is 0.433 e. The van der Waals surface area contributed by atoms with Gasteiger partial charge < -0.3 is 10.2 Å². The number of carbonyl (C=O) groups excluding carboxylic acids is 1. The van der Waals surface area contributed by atoms with Gasteiger partial charge in [0.15, 0.2) is 17.0 Å². The number of carbonyl (C=O) groups is 1. The van der Waals surface area contributed by atoms with Gasteiger partial charge in [0, 0.05) is 12.1 Å². The molecule has 4 rings (SSSR count). The van der Waals surface area contributed by atoms with Crippen LogP contribution in [0.1, 0.15) is 29.0 Å². The number of hydrogen-bond acceptors (Lipinski definition) is 5. The molecule has 148 valence electrons. The van der Waals surface area contributed by atoms with Crippen LogP contribution in [0, 0.1) is 0 Å². The van der Waals surface area contributed by atoms with Crippen LogP contribution in [-0.4, -0.2) is 51.6 Å². The first-order valence-corrected chi connectivity index (χ1v) is 9.70. The Balaban J connectivity index is 1.68. The van der Waals surface area contributed by atoms with Gasteiger partial charge in [-0.1, -0.05) is 6.07 Å². The summed E-state index contributed by atoms with van der Waals surface area (Å²) < 4.78 is 41.4. The smallest absolute Gasteiger partial charge is 0.348 e. The van der Waals surface area contributed by atoms with Gasteiger partial charge in [0.1, 0.15) is 0 Å². The molecule has 6 nitrogen and oxygen atoms in total. The number of alkyl halides is 3. The van der Waals surface area contributed by atoms with E-state index in [1.165, 1.54) is 17.4 Å². The molecule has 3 aromatic rings. The van der Waals surface area contributed by atoms with Crippen LogP contribution in [0.2, 0.25) is 0 Å². The van der Waals surface area contributed by atoms with Gasteiger partial charge in [0.2, 0.25) is 0 Å². The quantitative estimate of drug-likeness (QED) is 0.721. The molecule has 1 N–H and O–H groups in total. The number of piperidine rings is 1. The molecule has 0 radical (unpaired) electrons. The Morgan fingerprint density at radius 3 is 2.68 bits per heavy atom. The fraction of sp³-hybridized carbons (Fsp3) is 0.389. The molecule has 0 saturated carbocycles. The highest BCUT2D eigenvalue weighted by molar-refractivity contribution is 7.13. The van der Waals surface area contributed by atoms with Crippen LogP contribution in [0.25, 0.3) is 16.2 Å². The van der Waals surface area contributed by atoms with Crippen molar-refractivity contribution >= 4 is 22.9 Å². The van der Waals surface area contributed by atoms with Gasteiger partial charge in [0.25, 0.3) is 5.91 Å². The molecule has 28 heavy (non-hydrogen) atoms. The zero-order chi connectivity index (χ0) is 19.9. The number of rotatable bonds is 3. The van der Waals surface area contributed by atoms with E-state index in [1.54, 1.807) is 17.5 Å². The van der Waals surface area contributed by atoms with Gasteiger partial charge in [-0.25, -0.2) is 9.50 Å². The van der Waals surface area contributed by atoms with Crippen LogP contribution in [0.5, 0.6) is 0 Å². The minimum atomic E-state index is -4.62. The molecule has 4 heterocycles. The predicted molar refractivity (Wildman–Crippen MR) is 99.3 cm³/mol. The molecule has 0 aliphatic carbocycles. The van der Waals surface area contributed by atoms with Gasteiger partial charge in [-0.2, -0.15) is 18.3 Å². The Morgan fingerprint density at radius 1 is 1.29 bits per heavy atom. The van der Waals surface area contributed by atoms with Crippen LogP contribution >= 0.6 is 11.3 Å². The van der Waals surface area contributed by atoms with Crippen LogP contribution in [0.4, 0.5) is 13.2 Å². The monoisotopic (exact) mass is 409 g/mol. The average molecular weight is 409 g/mol. The Bertz CT molecular complexity index is 991. The van der Waals surface area contributed by atoms with Crippen molar-refractivity contribution in [1.29, 1.82) is 0 Å². The number of thiophene rings is 1. The summed E-state index contributed by atoms with van der Waals surface area (Å²) in [5.74, 6) is -0.481. The topological polar surface area (TPSA) is 62.5 Å². The summed E-state index contributed by atoms with van der Waals surface area (Å²) in [6.07, 6.45) is -3.03. The Hall–Kier alpha value is -2.46. The first-order chi connectivity index (χ1) is 13.3. The van der Waals surface area contributed by atoms with E-state index in [2.05, 4.69) is 20.3 Å². The van der Waals surface area contributed by atoms with E-state index in [9.17, 15) is 18.0 Å². The molecule has 10 heteroatoms. The van der Waals surface area contributed by atoms with E-state index in [0.29, 0.717) is 9.39 Å². The van der Waals surface area contributed by atoms with Crippen LogP contribution in [0.3, 0.4) is 0 Å². The first kappa shape index (κ1) is 18.9. The number of fused-ring (bicyclic) bond motifs is 1. The minimum absolute atomic E-state index is 0.00764. The maximum absolute atomic E-state index is 13.6. The SMILES string of the molecule is CN1CCC(NC(=O)c2cc3nc(-c4cccs4)cc(C(F)(F)F)n3n2)CC1. The summed E-state index contributed by atoms with van der Waals surface area (Å²) in [7, 11) is 2.01.